The number of nitrogens with one attached hydrogen (secondary N) is 3. The van der Waals surface area contributed by atoms with E-state index in [9.17, 15) is 24.0 Å². The summed E-state index contributed by atoms with van der Waals surface area (Å²) in [6, 6.07) is 2.53. The summed E-state index contributed by atoms with van der Waals surface area (Å²) in [6.07, 6.45) is 8.31. The van der Waals surface area contributed by atoms with Crippen LogP contribution in [0, 0.1) is 17.3 Å². The lowest BCUT2D eigenvalue weighted by atomic mass is 9.78. The molecule has 0 radical (unpaired) electrons. The zero-order chi connectivity index (χ0) is 32.7. The number of carbonyl (C=O) groups excluding carboxylic acids is 5. The number of ketones is 1. The number of pyridine rings is 1. The summed E-state index contributed by atoms with van der Waals surface area (Å²) in [7, 11) is 0. The highest BCUT2D eigenvalue weighted by molar-refractivity contribution is 6.37. The minimum Gasteiger partial charge on any atom is -0.363 e. The van der Waals surface area contributed by atoms with Gasteiger partial charge in [-0.15, -0.1) is 0 Å². The van der Waals surface area contributed by atoms with Gasteiger partial charge in [0.15, 0.2) is 0 Å². The summed E-state index contributed by atoms with van der Waals surface area (Å²) in [5, 5.41) is 8.91. The molecule has 1 unspecified atom stereocenters. The van der Waals surface area contributed by atoms with Gasteiger partial charge in [0, 0.05) is 30.4 Å². The summed E-state index contributed by atoms with van der Waals surface area (Å²) in [4.78, 5) is 71.6. The molecule has 5 N–H and O–H groups in total. The van der Waals surface area contributed by atoms with Crippen LogP contribution in [0.15, 0.2) is 24.4 Å². The highest BCUT2D eigenvalue weighted by Gasteiger charge is 2.46. The van der Waals surface area contributed by atoms with E-state index in [0.29, 0.717) is 25.8 Å². The third-order valence-electron chi connectivity index (χ3n) is 9.14. The van der Waals surface area contributed by atoms with Gasteiger partial charge in [0.1, 0.15) is 12.1 Å². The average Bonchev–Trinajstić information content (AvgIpc) is 3.41. The van der Waals surface area contributed by atoms with E-state index in [0.717, 1.165) is 37.8 Å². The van der Waals surface area contributed by atoms with Crippen LogP contribution in [0.3, 0.4) is 0 Å². The first kappa shape index (κ1) is 35.0. The Labute approximate surface area is 261 Å². The lowest BCUT2D eigenvalue weighted by Crippen LogP contribution is -2.62. The van der Waals surface area contributed by atoms with Crippen molar-refractivity contribution in [2.75, 3.05) is 6.54 Å². The molecule has 1 aromatic rings. The lowest BCUT2D eigenvalue weighted by Gasteiger charge is -2.40. The van der Waals surface area contributed by atoms with Gasteiger partial charge in [-0.1, -0.05) is 73.3 Å². The van der Waals surface area contributed by atoms with E-state index in [-0.39, 0.29) is 24.2 Å². The van der Waals surface area contributed by atoms with E-state index in [1.165, 1.54) is 4.90 Å². The highest BCUT2D eigenvalue weighted by atomic mass is 16.2. The van der Waals surface area contributed by atoms with E-state index < -0.39 is 52.7 Å². The predicted octanol–water partition coefficient (Wildman–Crippen LogP) is 3.25. The molecule has 4 atom stereocenters. The molecule has 11 heteroatoms. The Morgan fingerprint density at radius 1 is 1.07 bits per heavy atom. The number of carbonyl (C=O) groups is 5. The van der Waals surface area contributed by atoms with Gasteiger partial charge in [-0.05, 0) is 55.1 Å². The fraction of sp³-hybridized carbons (Fsp3) is 0.697. The van der Waals surface area contributed by atoms with Crippen molar-refractivity contribution in [2.45, 2.75) is 123 Å². The molecule has 2 fully saturated rings. The molecule has 1 aromatic heterocycles. The quantitative estimate of drug-likeness (QED) is 0.265. The number of Topliss-reactive ketones (excluding diaryl/α,β-unsaturated/α-hetero) is 1. The Hall–Kier alpha value is -3.50. The summed E-state index contributed by atoms with van der Waals surface area (Å²) in [6.45, 7) is 11.9. The molecule has 5 amide bonds. The van der Waals surface area contributed by atoms with E-state index in [4.69, 9.17) is 5.73 Å². The van der Waals surface area contributed by atoms with Crippen LogP contribution in [-0.2, 0) is 25.6 Å². The van der Waals surface area contributed by atoms with Crippen molar-refractivity contribution in [3.05, 3.63) is 30.1 Å². The Balaban J connectivity index is 1.83. The maximum Gasteiger partial charge on any atom is 0.315 e. The number of hydrogen-bond acceptors (Lipinski definition) is 6. The Morgan fingerprint density at radius 3 is 2.30 bits per heavy atom. The Bertz CT molecular complexity index is 1170. The zero-order valence-corrected chi connectivity index (χ0v) is 27.3. The first-order valence-corrected chi connectivity index (χ1v) is 16.1. The number of rotatable bonds is 12. The molecule has 44 heavy (non-hydrogen) atoms. The lowest BCUT2D eigenvalue weighted by molar-refractivity contribution is -0.143. The molecule has 0 bridgehead atoms. The van der Waals surface area contributed by atoms with Crippen molar-refractivity contribution < 1.29 is 24.0 Å². The molecule has 2 heterocycles. The highest BCUT2D eigenvalue weighted by Crippen LogP contribution is 2.33. The molecule has 2 aliphatic rings. The molecule has 3 rings (SSSR count). The Kier molecular flexibility index (Phi) is 11.9. The van der Waals surface area contributed by atoms with Gasteiger partial charge < -0.3 is 26.6 Å². The second-order valence-corrected chi connectivity index (χ2v) is 14.1. The zero-order valence-electron chi connectivity index (χ0n) is 27.3. The van der Waals surface area contributed by atoms with Crippen LogP contribution >= 0.6 is 0 Å². The van der Waals surface area contributed by atoms with Crippen LogP contribution < -0.4 is 21.7 Å². The first-order chi connectivity index (χ1) is 20.7. The summed E-state index contributed by atoms with van der Waals surface area (Å²) < 4.78 is 0. The van der Waals surface area contributed by atoms with Crippen LogP contribution in [0.5, 0.6) is 0 Å². The molecule has 0 aromatic carbocycles. The van der Waals surface area contributed by atoms with E-state index >= 15 is 0 Å². The van der Waals surface area contributed by atoms with Gasteiger partial charge in [-0.3, -0.25) is 24.2 Å². The van der Waals surface area contributed by atoms with E-state index in [1.807, 2.05) is 59.7 Å². The molecule has 1 saturated heterocycles. The van der Waals surface area contributed by atoms with Gasteiger partial charge in [0.2, 0.25) is 17.6 Å². The third-order valence-corrected chi connectivity index (χ3v) is 9.14. The first-order valence-electron chi connectivity index (χ1n) is 16.1. The van der Waals surface area contributed by atoms with Crippen LogP contribution in [0.1, 0.15) is 98.6 Å². The van der Waals surface area contributed by atoms with Gasteiger partial charge in [-0.25, -0.2) is 4.79 Å². The van der Waals surface area contributed by atoms with Crippen LogP contribution in [0.25, 0.3) is 0 Å². The van der Waals surface area contributed by atoms with Crippen LogP contribution in [0.2, 0.25) is 0 Å². The van der Waals surface area contributed by atoms with Gasteiger partial charge in [0.05, 0.1) is 6.04 Å². The monoisotopic (exact) mass is 612 g/mol. The summed E-state index contributed by atoms with van der Waals surface area (Å²) in [5.74, 6) is -2.57. The van der Waals surface area contributed by atoms with Crippen molar-refractivity contribution in [2.24, 2.45) is 23.0 Å². The summed E-state index contributed by atoms with van der Waals surface area (Å²) in [5.41, 5.74) is 5.00. The molecule has 1 aliphatic heterocycles. The number of urea groups is 1. The molecule has 11 nitrogen and oxygen atoms in total. The van der Waals surface area contributed by atoms with Crippen LogP contribution in [-0.4, -0.2) is 69.6 Å². The van der Waals surface area contributed by atoms with E-state index in [2.05, 4.69) is 20.9 Å². The molecular weight excluding hydrogens is 560 g/mol. The molecule has 0 spiro atoms. The Morgan fingerprint density at radius 2 is 1.75 bits per heavy atom. The van der Waals surface area contributed by atoms with Crippen molar-refractivity contribution in [1.82, 2.24) is 25.8 Å². The predicted molar refractivity (Wildman–Crippen MR) is 168 cm³/mol. The maximum atomic E-state index is 14.3. The van der Waals surface area contributed by atoms with Crippen molar-refractivity contribution in [3.8, 4) is 0 Å². The minimum atomic E-state index is -1.11. The van der Waals surface area contributed by atoms with Gasteiger partial charge >= 0.3 is 6.03 Å². The van der Waals surface area contributed by atoms with Crippen molar-refractivity contribution in [1.29, 1.82) is 0 Å². The fourth-order valence-electron chi connectivity index (χ4n) is 6.49. The molecule has 244 valence electrons. The largest absolute Gasteiger partial charge is 0.363 e. The number of aromatic nitrogens is 1. The number of nitrogens with two attached hydrogens (primary N) is 1. The minimum absolute atomic E-state index is 0.0458. The van der Waals surface area contributed by atoms with Gasteiger partial charge in [-0.2, -0.15) is 0 Å². The topological polar surface area (TPSA) is 164 Å². The second-order valence-electron chi connectivity index (χ2n) is 14.1. The van der Waals surface area contributed by atoms with Crippen molar-refractivity contribution in [3.63, 3.8) is 0 Å². The number of hydrogen-bond donors (Lipinski definition) is 4. The number of primary amides is 1. The average molecular weight is 613 g/mol. The third kappa shape index (κ3) is 9.01. The van der Waals surface area contributed by atoms with Crippen LogP contribution in [0.4, 0.5) is 4.79 Å². The normalized spacial score (nSPS) is 21.3. The second kappa shape index (κ2) is 15.0. The number of likely N-dealkylation sites (tertiary alicyclic amines) is 1. The van der Waals surface area contributed by atoms with E-state index in [1.54, 1.807) is 6.20 Å². The molecular formula is C33H52N6O5. The number of amides is 5. The number of nitrogens with zero attached hydrogens (tertiary/aromatic N) is 2. The SMILES string of the molecule is CCCC(NC(=O)[C@@H]1C[C@@H](C(C)C)CN1C(=O)[C@@H](NC(=O)NC1(Cc2ccccn2)CCCCC1)C(C)(C)C)C(=O)C(N)=O. The van der Waals surface area contributed by atoms with Gasteiger partial charge in [0.25, 0.3) is 5.91 Å². The standard InChI is InChI=1S/C33H52N6O5/c1-7-13-24(26(40)28(34)41)36-29(42)25-18-22(21(2)3)20-39(25)30(43)27(32(4,5)6)37-31(44)38-33(15-10-8-11-16-33)19-23-14-9-12-17-35-23/h9,12,14,17,21-22,24-25,27H,7-8,10-11,13,15-16,18-20H2,1-6H3,(H2,34,41)(H,36,42)(H2,37,38,44)/t22-,24?,25+,27-/m1/s1. The van der Waals surface area contributed by atoms with Crippen molar-refractivity contribution >= 4 is 29.5 Å². The molecule has 1 aliphatic carbocycles. The fourth-order valence-corrected chi connectivity index (χ4v) is 6.49. The molecule has 1 saturated carbocycles. The smallest absolute Gasteiger partial charge is 0.315 e. The summed E-state index contributed by atoms with van der Waals surface area (Å²) >= 11 is 0. The maximum absolute atomic E-state index is 14.3.